The van der Waals surface area contributed by atoms with E-state index in [1.807, 2.05) is 0 Å². The Bertz CT molecular complexity index is 357. The lowest BCUT2D eigenvalue weighted by Crippen LogP contribution is -2.34. The fraction of sp³-hybridized carbons (Fsp3) is 0.684. The van der Waals surface area contributed by atoms with Crippen LogP contribution >= 0.6 is 0 Å². The molecule has 20 heavy (non-hydrogen) atoms. The summed E-state index contributed by atoms with van der Waals surface area (Å²) in [5, 5.41) is 3.65. The van der Waals surface area contributed by atoms with E-state index in [-0.39, 0.29) is 0 Å². The van der Waals surface area contributed by atoms with Gasteiger partial charge in [-0.2, -0.15) is 0 Å². The molecule has 0 heterocycles. The van der Waals surface area contributed by atoms with Crippen LogP contribution in [0.3, 0.4) is 0 Å². The van der Waals surface area contributed by atoms with Crippen molar-refractivity contribution in [1.82, 2.24) is 5.32 Å². The molecule has 0 bridgehead atoms. The Hall–Kier alpha value is -0.820. The quantitative estimate of drug-likeness (QED) is 0.751. The third-order valence-electron chi connectivity index (χ3n) is 4.74. The summed E-state index contributed by atoms with van der Waals surface area (Å²) in [6.45, 7) is 5.74. The van der Waals surface area contributed by atoms with Gasteiger partial charge in [0.25, 0.3) is 0 Å². The van der Waals surface area contributed by atoms with Crippen molar-refractivity contribution in [1.29, 1.82) is 0 Å². The van der Waals surface area contributed by atoms with E-state index in [1.54, 1.807) is 0 Å². The lowest BCUT2D eigenvalue weighted by molar-refractivity contribution is 0.211. The second kappa shape index (κ2) is 8.46. The molecular weight excluding hydrogens is 242 g/mol. The minimum atomic E-state index is 0.627. The van der Waals surface area contributed by atoms with Crippen molar-refractivity contribution >= 4 is 0 Å². The molecule has 1 aliphatic rings. The van der Waals surface area contributed by atoms with Gasteiger partial charge in [0.15, 0.2) is 0 Å². The zero-order chi connectivity index (χ0) is 14.2. The van der Waals surface area contributed by atoms with Crippen LogP contribution in [0.2, 0.25) is 0 Å². The van der Waals surface area contributed by atoms with Gasteiger partial charge < -0.3 is 5.32 Å². The molecule has 0 aliphatic heterocycles. The zero-order valence-electron chi connectivity index (χ0n) is 13.3. The number of hydrogen-bond donors (Lipinski definition) is 1. The molecule has 0 amide bonds. The van der Waals surface area contributed by atoms with Crippen molar-refractivity contribution in [2.45, 2.75) is 64.8 Å². The molecule has 0 radical (unpaired) electrons. The van der Waals surface area contributed by atoms with Gasteiger partial charge in [0.05, 0.1) is 0 Å². The minimum Gasteiger partial charge on any atom is -0.314 e. The van der Waals surface area contributed by atoms with Crippen LogP contribution in [-0.4, -0.2) is 12.6 Å². The van der Waals surface area contributed by atoms with E-state index in [4.69, 9.17) is 0 Å². The Morgan fingerprint density at radius 3 is 2.45 bits per heavy atom. The first-order chi connectivity index (χ1) is 9.75. The number of benzene rings is 1. The fourth-order valence-electron chi connectivity index (χ4n) is 3.53. The van der Waals surface area contributed by atoms with Gasteiger partial charge in [-0.3, -0.25) is 0 Å². The van der Waals surface area contributed by atoms with Gasteiger partial charge in [0, 0.05) is 6.04 Å². The van der Waals surface area contributed by atoms with Gasteiger partial charge >= 0.3 is 0 Å². The van der Waals surface area contributed by atoms with E-state index in [0.717, 1.165) is 11.8 Å². The molecule has 1 aromatic carbocycles. The van der Waals surface area contributed by atoms with Gasteiger partial charge in [-0.15, -0.1) is 0 Å². The summed E-state index contributed by atoms with van der Waals surface area (Å²) in [6.07, 6.45) is 9.82. The first-order valence-electron chi connectivity index (χ1n) is 8.53. The second-order valence-electron chi connectivity index (χ2n) is 6.75. The topological polar surface area (TPSA) is 12.0 Å². The summed E-state index contributed by atoms with van der Waals surface area (Å²) in [5.74, 6) is 1.88. The molecule has 0 saturated heterocycles. The highest BCUT2D eigenvalue weighted by Gasteiger charge is 2.24. The molecule has 1 aromatic rings. The van der Waals surface area contributed by atoms with Gasteiger partial charge in [-0.25, -0.2) is 0 Å². The number of aryl methyl sites for hydroxylation is 1. The maximum Gasteiger partial charge on any atom is 0.00104 e. The van der Waals surface area contributed by atoms with Crippen LogP contribution in [0.25, 0.3) is 0 Å². The van der Waals surface area contributed by atoms with Crippen molar-refractivity contribution in [3.8, 4) is 0 Å². The molecule has 1 saturated carbocycles. The molecule has 112 valence electrons. The average Bonchev–Trinajstić information content (AvgIpc) is 2.47. The van der Waals surface area contributed by atoms with Gasteiger partial charge in [0.1, 0.15) is 0 Å². The van der Waals surface area contributed by atoms with Gasteiger partial charge in [0.2, 0.25) is 0 Å². The maximum atomic E-state index is 3.65. The lowest BCUT2D eigenvalue weighted by Gasteiger charge is -2.32. The van der Waals surface area contributed by atoms with Crippen LogP contribution in [0.15, 0.2) is 30.3 Å². The summed E-state index contributed by atoms with van der Waals surface area (Å²) in [6, 6.07) is 11.6. The summed E-state index contributed by atoms with van der Waals surface area (Å²) in [4.78, 5) is 0. The monoisotopic (exact) mass is 273 g/mol. The van der Waals surface area contributed by atoms with Crippen LogP contribution in [0.1, 0.15) is 57.9 Å². The molecule has 0 aromatic heterocycles. The Kier molecular flexibility index (Phi) is 6.59. The summed E-state index contributed by atoms with van der Waals surface area (Å²) >= 11 is 0. The van der Waals surface area contributed by atoms with Gasteiger partial charge in [-0.05, 0) is 49.6 Å². The van der Waals surface area contributed by atoms with Crippen LogP contribution in [0.5, 0.6) is 0 Å². The Morgan fingerprint density at radius 1 is 1.05 bits per heavy atom. The van der Waals surface area contributed by atoms with E-state index >= 15 is 0 Å². The molecule has 1 heteroatoms. The SMILES string of the molecule is CC(C)NCC1CCCCC1CCCc1ccccc1. The number of hydrogen-bond acceptors (Lipinski definition) is 1. The second-order valence-corrected chi connectivity index (χ2v) is 6.75. The largest absolute Gasteiger partial charge is 0.314 e. The first-order valence-corrected chi connectivity index (χ1v) is 8.53. The van der Waals surface area contributed by atoms with E-state index in [1.165, 1.54) is 57.1 Å². The van der Waals surface area contributed by atoms with Gasteiger partial charge in [-0.1, -0.05) is 63.4 Å². The summed E-state index contributed by atoms with van der Waals surface area (Å²) < 4.78 is 0. The summed E-state index contributed by atoms with van der Waals surface area (Å²) in [7, 11) is 0. The van der Waals surface area contributed by atoms with E-state index < -0.39 is 0 Å². The third-order valence-corrected chi connectivity index (χ3v) is 4.74. The van der Waals surface area contributed by atoms with E-state index in [0.29, 0.717) is 6.04 Å². The highest BCUT2D eigenvalue weighted by Crippen LogP contribution is 2.33. The zero-order valence-corrected chi connectivity index (χ0v) is 13.3. The molecule has 1 fully saturated rings. The molecule has 2 atom stereocenters. The molecule has 1 N–H and O–H groups in total. The number of rotatable bonds is 7. The fourth-order valence-corrected chi connectivity index (χ4v) is 3.53. The predicted molar refractivity (Wildman–Crippen MR) is 88.0 cm³/mol. The molecule has 2 unspecified atom stereocenters. The van der Waals surface area contributed by atoms with Crippen LogP contribution in [0, 0.1) is 11.8 Å². The highest BCUT2D eigenvalue weighted by atomic mass is 14.9. The van der Waals surface area contributed by atoms with Crippen molar-refractivity contribution in [2.75, 3.05) is 6.54 Å². The molecular formula is C19H31N. The van der Waals surface area contributed by atoms with Crippen LogP contribution in [0.4, 0.5) is 0 Å². The average molecular weight is 273 g/mol. The van der Waals surface area contributed by atoms with E-state index in [2.05, 4.69) is 49.5 Å². The minimum absolute atomic E-state index is 0.627. The number of nitrogens with one attached hydrogen (secondary N) is 1. The third kappa shape index (κ3) is 5.28. The first kappa shape index (κ1) is 15.6. The Labute approximate surface area is 125 Å². The molecule has 2 rings (SSSR count). The van der Waals surface area contributed by atoms with Crippen molar-refractivity contribution in [3.63, 3.8) is 0 Å². The van der Waals surface area contributed by atoms with Crippen LogP contribution < -0.4 is 5.32 Å². The van der Waals surface area contributed by atoms with Crippen molar-refractivity contribution < 1.29 is 0 Å². The highest BCUT2D eigenvalue weighted by molar-refractivity contribution is 5.14. The van der Waals surface area contributed by atoms with Crippen LogP contribution in [-0.2, 0) is 6.42 Å². The standard InChI is InChI=1S/C19H31N/c1-16(2)20-15-19-13-7-6-12-18(19)14-8-11-17-9-4-3-5-10-17/h3-5,9-10,16,18-20H,6-8,11-15H2,1-2H3. The molecule has 0 spiro atoms. The molecule has 1 nitrogen and oxygen atoms in total. The Morgan fingerprint density at radius 2 is 1.75 bits per heavy atom. The smallest absolute Gasteiger partial charge is 0.00104 e. The Balaban J connectivity index is 1.74. The normalized spacial score (nSPS) is 23.1. The molecule has 1 aliphatic carbocycles. The maximum absolute atomic E-state index is 3.65. The van der Waals surface area contributed by atoms with Crippen molar-refractivity contribution in [3.05, 3.63) is 35.9 Å². The summed E-state index contributed by atoms with van der Waals surface area (Å²) in [5.41, 5.74) is 1.50. The predicted octanol–water partition coefficient (Wildman–Crippen LogP) is 4.81. The van der Waals surface area contributed by atoms with E-state index in [9.17, 15) is 0 Å². The lowest BCUT2D eigenvalue weighted by atomic mass is 9.76. The van der Waals surface area contributed by atoms with Crippen molar-refractivity contribution in [2.24, 2.45) is 11.8 Å².